The maximum Gasteiger partial charge on any atom is 0.110 e. The fraction of sp³-hybridized carbons (Fsp3) is 0.556. The zero-order chi connectivity index (χ0) is 8.48. The van der Waals surface area contributed by atoms with Crippen LogP contribution >= 0.6 is 23.2 Å². The summed E-state index contributed by atoms with van der Waals surface area (Å²) in [5.74, 6) is 0. The molecule has 0 radical (unpaired) electrons. The average Bonchev–Trinajstić information content (AvgIpc) is 1.86. The molecule has 1 aliphatic rings. The number of halogens is 2. The lowest BCUT2D eigenvalue weighted by atomic mass is 9.82. The highest BCUT2D eigenvalue weighted by atomic mass is 35.5. The van der Waals surface area contributed by atoms with Crippen LogP contribution < -0.4 is 0 Å². The summed E-state index contributed by atoms with van der Waals surface area (Å²) < 4.78 is 0.414. The van der Waals surface area contributed by atoms with Crippen LogP contribution in [0.1, 0.15) is 26.7 Å². The van der Waals surface area contributed by atoms with Crippen molar-refractivity contribution in [2.45, 2.75) is 26.7 Å². The van der Waals surface area contributed by atoms with E-state index in [9.17, 15) is 0 Å². The summed E-state index contributed by atoms with van der Waals surface area (Å²) in [6, 6.07) is 0. The van der Waals surface area contributed by atoms with Gasteiger partial charge in [-0.05, 0) is 23.8 Å². The molecule has 0 atom stereocenters. The van der Waals surface area contributed by atoms with Crippen molar-refractivity contribution in [2.24, 2.45) is 5.41 Å². The van der Waals surface area contributed by atoms with E-state index < -0.39 is 0 Å². The van der Waals surface area contributed by atoms with E-state index in [1.165, 1.54) is 0 Å². The normalized spacial score (nSPS) is 22.0. The van der Waals surface area contributed by atoms with Gasteiger partial charge in [0.2, 0.25) is 0 Å². The summed E-state index contributed by atoms with van der Waals surface area (Å²) in [7, 11) is 0. The van der Waals surface area contributed by atoms with E-state index in [4.69, 9.17) is 23.2 Å². The van der Waals surface area contributed by atoms with E-state index in [-0.39, 0.29) is 0 Å². The maximum absolute atomic E-state index is 5.64. The van der Waals surface area contributed by atoms with Crippen LogP contribution in [0.5, 0.6) is 0 Å². The second kappa shape index (κ2) is 3.20. The molecule has 0 bridgehead atoms. The molecular formula is C9H12Cl2. The minimum Gasteiger partial charge on any atom is -0.0785 e. The standard InChI is InChI=1S/C9H12Cl2/c1-9(2)5-3-7(4-6-9)8(10)11/h3,5H,4,6H2,1-2H3. The first-order valence-corrected chi connectivity index (χ1v) is 4.50. The van der Waals surface area contributed by atoms with Crippen LogP contribution in [0.25, 0.3) is 0 Å². The van der Waals surface area contributed by atoms with Crippen molar-refractivity contribution in [3.8, 4) is 0 Å². The van der Waals surface area contributed by atoms with Gasteiger partial charge in [0.15, 0.2) is 0 Å². The predicted octanol–water partition coefficient (Wildman–Crippen LogP) is 4.05. The second-order valence-electron chi connectivity index (χ2n) is 3.61. The molecule has 0 saturated carbocycles. The number of hydrogen-bond donors (Lipinski definition) is 0. The van der Waals surface area contributed by atoms with E-state index in [0.29, 0.717) is 9.91 Å². The Kier molecular flexibility index (Phi) is 2.66. The van der Waals surface area contributed by atoms with Crippen LogP contribution in [0.15, 0.2) is 22.2 Å². The quantitative estimate of drug-likeness (QED) is 0.541. The summed E-state index contributed by atoms with van der Waals surface area (Å²) in [6.07, 6.45) is 6.31. The van der Waals surface area contributed by atoms with Gasteiger partial charge in [-0.1, -0.05) is 49.2 Å². The van der Waals surface area contributed by atoms with Gasteiger partial charge in [-0.3, -0.25) is 0 Å². The van der Waals surface area contributed by atoms with Gasteiger partial charge in [0, 0.05) is 0 Å². The average molecular weight is 191 g/mol. The third kappa shape index (κ3) is 2.53. The van der Waals surface area contributed by atoms with Crippen LogP contribution in [0.4, 0.5) is 0 Å². The van der Waals surface area contributed by atoms with Crippen LogP contribution in [-0.4, -0.2) is 0 Å². The Morgan fingerprint density at radius 1 is 1.45 bits per heavy atom. The van der Waals surface area contributed by atoms with Crippen molar-refractivity contribution in [2.75, 3.05) is 0 Å². The molecule has 0 amide bonds. The van der Waals surface area contributed by atoms with Crippen molar-refractivity contribution in [3.05, 3.63) is 22.2 Å². The fourth-order valence-electron chi connectivity index (χ4n) is 1.11. The van der Waals surface area contributed by atoms with Crippen LogP contribution in [0.3, 0.4) is 0 Å². The Labute approximate surface area is 77.9 Å². The molecule has 0 aromatic carbocycles. The monoisotopic (exact) mass is 190 g/mol. The van der Waals surface area contributed by atoms with E-state index in [1.807, 2.05) is 6.08 Å². The molecule has 0 fully saturated rings. The van der Waals surface area contributed by atoms with Crippen molar-refractivity contribution in [1.29, 1.82) is 0 Å². The summed E-state index contributed by atoms with van der Waals surface area (Å²) in [5, 5.41) is 0. The van der Waals surface area contributed by atoms with Gasteiger partial charge < -0.3 is 0 Å². The molecule has 0 aliphatic heterocycles. The van der Waals surface area contributed by atoms with Gasteiger partial charge in [-0.25, -0.2) is 0 Å². The van der Waals surface area contributed by atoms with E-state index in [2.05, 4.69) is 19.9 Å². The van der Waals surface area contributed by atoms with Crippen LogP contribution in [-0.2, 0) is 0 Å². The molecule has 0 N–H and O–H groups in total. The molecule has 0 saturated heterocycles. The Morgan fingerprint density at radius 3 is 2.45 bits per heavy atom. The highest BCUT2D eigenvalue weighted by molar-refractivity contribution is 6.56. The van der Waals surface area contributed by atoms with Gasteiger partial charge in [-0.15, -0.1) is 0 Å². The molecule has 1 aliphatic carbocycles. The first-order chi connectivity index (χ1) is 5.01. The topological polar surface area (TPSA) is 0 Å². The van der Waals surface area contributed by atoms with Crippen molar-refractivity contribution < 1.29 is 0 Å². The molecular weight excluding hydrogens is 179 g/mol. The first kappa shape index (κ1) is 9.15. The smallest absolute Gasteiger partial charge is 0.0785 e. The van der Waals surface area contributed by atoms with E-state index in [0.717, 1.165) is 18.4 Å². The Balaban J connectivity index is 2.80. The van der Waals surface area contributed by atoms with E-state index in [1.54, 1.807) is 0 Å². The lowest BCUT2D eigenvalue weighted by molar-refractivity contribution is 0.428. The Bertz CT molecular complexity index is 208. The molecule has 0 aromatic rings. The lowest BCUT2D eigenvalue weighted by Crippen LogP contribution is -2.11. The molecule has 0 unspecified atom stereocenters. The summed E-state index contributed by atoms with van der Waals surface area (Å²) >= 11 is 11.3. The summed E-state index contributed by atoms with van der Waals surface area (Å²) in [6.45, 7) is 4.42. The molecule has 0 heterocycles. The van der Waals surface area contributed by atoms with Crippen molar-refractivity contribution in [3.63, 3.8) is 0 Å². The zero-order valence-corrected chi connectivity index (χ0v) is 8.34. The van der Waals surface area contributed by atoms with Gasteiger partial charge in [-0.2, -0.15) is 0 Å². The third-order valence-corrected chi connectivity index (χ3v) is 2.50. The SMILES string of the molecule is CC1(C)C=CC(=C(Cl)Cl)CC1. The number of hydrogen-bond acceptors (Lipinski definition) is 0. The second-order valence-corrected chi connectivity index (χ2v) is 4.56. The highest BCUT2D eigenvalue weighted by Gasteiger charge is 2.18. The molecule has 11 heavy (non-hydrogen) atoms. The van der Waals surface area contributed by atoms with Gasteiger partial charge in [0.05, 0.1) is 0 Å². The van der Waals surface area contributed by atoms with Gasteiger partial charge >= 0.3 is 0 Å². The molecule has 2 heteroatoms. The Morgan fingerprint density at radius 2 is 2.09 bits per heavy atom. The zero-order valence-electron chi connectivity index (χ0n) is 6.82. The van der Waals surface area contributed by atoms with Gasteiger partial charge in [0.1, 0.15) is 4.49 Å². The summed E-state index contributed by atoms with van der Waals surface area (Å²) in [4.78, 5) is 0. The molecule has 0 aromatic heterocycles. The first-order valence-electron chi connectivity index (χ1n) is 3.75. The van der Waals surface area contributed by atoms with Crippen LogP contribution in [0, 0.1) is 5.41 Å². The molecule has 62 valence electrons. The minimum atomic E-state index is 0.312. The van der Waals surface area contributed by atoms with Gasteiger partial charge in [0.25, 0.3) is 0 Å². The largest absolute Gasteiger partial charge is 0.110 e. The molecule has 1 rings (SSSR count). The van der Waals surface area contributed by atoms with E-state index >= 15 is 0 Å². The number of allylic oxidation sites excluding steroid dienone is 3. The Hall–Kier alpha value is 0.0600. The third-order valence-electron chi connectivity index (χ3n) is 2.02. The predicted molar refractivity (Wildman–Crippen MR) is 50.9 cm³/mol. The highest BCUT2D eigenvalue weighted by Crippen LogP contribution is 2.34. The molecule has 0 spiro atoms. The number of rotatable bonds is 0. The minimum absolute atomic E-state index is 0.312. The molecule has 0 nitrogen and oxygen atoms in total. The lowest BCUT2D eigenvalue weighted by Gasteiger charge is -2.24. The van der Waals surface area contributed by atoms with Crippen molar-refractivity contribution >= 4 is 23.2 Å². The summed E-state index contributed by atoms with van der Waals surface area (Å²) in [5.41, 5.74) is 1.37. The fourth-order valence-corrected chi connectivity index (χ4v) is 1.42. The van der Waals surface area contributed by atoms with Crippen LogP contribution in [0.2, 0.25) is 0 Å². The van der Waals surface area contributed by atoms with Crippen molar-refractivity contribution in [1.82, 2.24) is 0 Å². The maximum atomic E-state index is 5.64.